The maximum atomic E-state index is 12.7. The first-order valence-corrected chi connectivity index (χ1v) is 10.8. The number of rotatable bonds is 7. The zero-order chi connectivity index (χ0) is 23.4. The quantitative estimate of drug-likeness (QED) is 0.354. The van der Waals surface area contributed by atoms with Crippen molar-refractivity contribution in [3.05, 3.63) is 82.3 Å². The van der Waals surface area contributed by atoms with Gasteiger partial charge in [-0.15, -0.1) is 5.10 Å². The van der Waals surface area contributed by atoms with Crippen LogP contribution < -0.4 is 14.8 Å². The molecule has 4 rings (SSSR count). The standard InChI is InChI=1S/C24H20Cl2N4O3/c1-3-33-24-28-22(16-9-12-20(25)21(26)13-16)30(29-24)18-6-4-5-17(14-18)27-23(31)15-7-10-19(32-2)11-8-15/h4-14H,3H2,1-2H3,(H,27,31). The Morgan fingerprint density at radius 1 is 1.03 bits per heavy atom. The smallest absolute Gasteiger partial charge is 0.336 e. The molecular formula is C24H20Cl2N4O3. The van der Waals surface area contributed by atoms with Crippen molar-refractivity contribution in [2.24, 2.45) is 0 Å². The van der Waals surface area contributed by atoms with Crippen molar-refractivity contribution >= 4 is 34.8 Å². The van der Waals surface area contributed by atoms with E-state index in [4.69, 9.17) is 32.7 Å². The van der Waals surface area contributed by atoms with E-state index in [1.165, 1.54) is 0 Å². The molecule has 0 bridgehead atoms. The SMILES string of the molecule is CCOc1nc(-c2ccc(Cl)c(Cl)c2)n(-c2cccc(NC(=O)c3ccc(OC)cc3)c2)n1. The highest BCUT2D eigenvalue weighted by Crippen LogP contribution is 2.30. The van der Waals surface area contributed by atoms with E-state index in [1.54, 1.807) is 66.4 Å². The highest BCUT2D eigenvalue weighted by Gasteiger charge is 2.16. The van der Waals surface area contributed by atoms with E-state index < -0.39 is 0 Å². The van der Waals surface area contributed by atoms with E-state index >= 15 is 0 Å². The molecule has 0 unspecified atom stereocenters. The number of methoxy groups -OCH3 is 1. The molecule has 1 amide bonds. The Bertz CT molecular complexity index is 1290. The van der Waals surface area contributed by atoms with Gasteiger partial charge in [0.15, 0.2) is 5.82 Å². The van der Waals surface area contributed by atoms with Crippen molar-refractivity contribution in [2.45, 2.75) is 6.92 Å². The number of benzene rings is 3. The summed E-state index contributed by atoms with van der Waals surface area (Å²) in [5.41, 5.74) is 2.51. The molecule has 0 atom stereocenters. The summed E-state index contributed by atoms with van der Waals surface area (Å²) in [6.07, 6.45) is 0. The van der Waals surface area contributed by atoms with Crippen LogP contribution in [0.5, 0.6) is 11.8 Å². The Balaban J connectivity index is 1.67. The van der Waals surface area contributed by atoms with Crippen molar-refractivity contribution in [1.82, 2.24) is 14.8 Å². The number of carbonyl (C=O) groups excluding carboxylic acids is 1. The molecule has 1 aromatic heterocycles. The Morgan fingerprint density at radius 3 is 2.52 bits per heavy atom. The van der Waals surface area contributed by atoms with Gasteiger partial charge in [-0.2, -0.15) is 4.98 Å². The third-order valence-electron chi connectivity index (χ3n) is 4.74. The van der Waals surface area contributed by atoms with Gasteiger partial charge in [0, 0.05) is 16.8 Å². The van der Waals surface area contributed by atoms with Crippen molar-refractivity contribution in [3.63, 3.8) is 0 Å². The van der Waals surface area contributed by atoms with Crippen LogP contribution in [0.1, 0.15) is 17.3 Å². The second-order valence-electron chi connectivity index (χ2n) is 6.92. The summed E-state index contributed by atoms with van der Waals surface area (Å²) in [5.74, 6) is 0.961. The van der Waals surface area contributed by atoms with Gasteiger partial charge in [0.1, 0.15) is 5.75 Å². The Kier molecular flexibility index (Phi) is 6.82. The summed E-state index contributed by atoms with van der Waals surface area (Å²) in [5, 5.41) is 8.23. The van der Waals surface area contributed by atoms with E-state index in [-0.39, 0.29) is 11.9 Å². The third-order valence-corrected chi connectivity index (χ3v) is 5.48. The number of carbonyl (C=O) groups is 1. The molecule has 1 heterocycles. The molecule has 0 aliphatic carbocycles. The third kappa shape index (κ3) is 5.10. The van der Waals surface area contributed by atoms with Crippen molar-refractivity contribution < 1.29 is 14.3 Å². The second kappa shape index (κ2) is 9.94. The molecule has 0 fully saturated rings. The summed E-state index contributed by atoms with van der Waals surface area (Å²) < 4.78 is 12.3. The monoisotopic (exact) mass is 482 g/mol. The van der Waals surface area contributed by atoms with Gasteiger partial charge in [-0.05, 0) is 67.6 Å². The van der Waals surface area contributed by atoms with Crippen LogP contribution in [0.15, 0.2) is 66.7 Å². The molecule has 1 N–H and O–H groups in total. The lowest BCUT2D eigenvalue weighted by molar-refractivity contribution is 0.102. The van der Waals surface area contributed by atoms with Gasteiger partial charge in [-0.3, -0.25) is 4.79 Å². The average molecular weight is 483 g/mol. The number of halogens is 2. The first kappa shape index (κ1) is 22.6. The minimum absolute atomic E-state index is 0.228. The molecule has 168 valence electrons. The predicted molar refractivity (Wildman–Crippen MR) is 129 cm³/mol. The molecule has 0 aliphatic rings. The van der Waals surface area contributed by atoms with Crippen LogP contribution in [-0.4, -0.2) is 34.4 Å². The number of ether oxygens (including phenoxy) is 2. The number of anilines is 1. The zero-order valence-corrected chi connectivity index (χ0v) is 19.4. The van der Waals surface area contributed by atoms with Crippen LogP contribution in [0, 0.1) is 0 Å². The second-order valence-corrected chi connectivity index (χ2v) is 7.74. The van der Waals surface area contributed by atoms with Crippen LogP contribution in [0.2, 0.25) is 10.0 Å². The highest BCUT2D eigenvalue weighted by molar-refractivity contribution is 6.42. The van der Waals surface area contributed by atoms with Gasteiger partial charge in [0.2, 0.25) is 0 Å². The van der Waals surface area contributed by atoms with Gasteiger partial charge < -0.3 is 14.8 Å². The topological polar surface area (TPSA) is 78.3 Å². The fraction of sp³-hybridized carbons (Fsp3) is 0.125. The molecule has 3 aromatic carbocycles. The largest absolute Gasteiger partial charge is 0.497 e. The lowest BCUT2D eigenvalue weighted by atomic mass is 10.2. The van der Waals surface area contributed by atoms with Gasteiger partial charge in [0.25, 0.3) is 5.91 Å². The molecule has 0 saturated carbocycles. The molecule has 0 saturated heterocycles. The number of nitrogens with zero attached hydrogens (tertiary/aromatic N) is 3. The molecular weight excluding hydrogens is 463 g/mol. The Hall–Kier alpha value is -3.55. The van der Waals surface area contributed by atoms with Crippen LogP contribution in [-0.2, 0) is 0 Å². The Morgan fingerprint density at radius 2 is 1.82 bits per heavy atom. The molecule has 4 aromatic rings. The number of amides is 1. The van der Waals surface area contributed by atoms with Crippen molar-refractivity contribution in [1.29, 1.82) is 0 Å². The highest BCUT2D eigenvalue weighted by atomic mass is 35.5. The summed E-state index contributed by atoms with van der Waals surface area (Å²) in [6.45, 7) is 2.28. The summed E-state index contributed by atoms with van der Waals surface area (Å²) in [4.78, 5) is 17.2. The molecule has 0 spiro atoms. The number of hydrogen-bond acceptors (Lipinski definition) is 5. The lowest BCUT2D eigenvalue weighted by Gasteiger charge is -2.10. The minimum atomic E-state index is -0.242. The fourth-order valence-corrected chi connectivity index (χ4v) is 3.44. The van der Waals surface area contributed by atoms with Gasteiger partial charge in [-0.25, -0.2) is 4.68 Å². The van der Waals surface area contributed by atoms with Crippen molar-refractivity contribution in [3.8, 4) is 28.8 Å². The van der Waals surface area contributed by atoms with E-state index in [2.05, 4.69) is 15.4 Å². The molecule has 0 aliphatic heterocycles. The molecule has 0 radical (unpaired) electrons. The van der Waals surface area contributed by atoms with Gasteiger partial charge in [0.05, 0.1) is 29.4 Å². The maximum Gasteiger partial charge on any atom is 0.336 e. The van der Waals surface area contributed by atoms with Crippen LogP contribution >= 0.6 is 23.2 Å². The van der Waals surface area contributed by atoms with E-state index in [1.807, 2.05) is 19.1 Å². The first-order chi connectivity index (χ1) is 16.0. The molecule has 33 heavy (non-hydrogen) atoms. The fourth-order valence-electron chi connectivity index (χ4n) is 3.15. The molecule has 7 nitrogen and oxygen atoms in total. The number of hydrogen-bond donors (Lipinski definition) is 1. The first-order valence-electron chi connectivity index (χ1n) is 10.1. The van der Waals surface area contributed by atoms with Crippen molar-refractivity contribution in [2.75, 3.05) is 19.0 Å². The summed E-state index contributed by atoms with van der Waals surface area (Å²) in [7, 11) is 1.58. The van der Waals surface area contributed by atoms with E-state index in [0.717, 1.165) is 5.56 Å². The van der Waals surface area contributed by atoms with Crippen LogP contribution in [0.3, 0.4) is 0 Å². The predicted octanol–water partition coefficient (Wildman–Crippen LogP) is 5.90. The van der Waals surface area contributed by atoms with Gasteiger partial charge in [-0.1, -0.05) is 29.3 Å². The van der Waals surface area contributed by atoms with E-state index in [9.17, 15) is 4.79 Å². The maximum absolute atomic E-state index is 12.7. The summed E-state index contributed by atoms with van der Waals surface area (Å²) in [6, 6.07) is 19.6. The molecule has 9 heteroatoms. The minimum Gasteiger partial charge on any atom is -0.497 e. The van der Waals surface area contributed by atoms with Crippen LogP contribution in [0.4, 0.5) is 5.69 Å². The Labute approximate surface area is 200 Å². The zero-order valence-electron chi connectivity index (χ0n) is 17.9. The normalized spacial score (nSPS) is 10.7. The summed E-state index contributed by atoms with van der Waals surface area (Å²) >= 11 is 12.3. The number of nitrogens with one attached hydrogen (secondary N) is 1. The van der Waals surface area contributed by atoms with Crippen LogP contribution in [0.25, 0.3) is 17.1 Å². The van der Waals surface area contributed by atoms with E-state index in [0.29, 0.717) is 45.2 Å². The average Bonchev–Trinajstić information content (AvgIpc) is 3.25. The number of aromatic nitrogens is 3. The van der Waals surface area contributed by atoms with Gasteiger partial charge >= 0.3 is 6.01 Å². The lowest BCUT2D eigenvalue weighted by Crippen LogP contribution is -2.12.